The lowest BCUT2D eigenvalue weighted by molar-refractivity contribution is -0.129. The first-order valence-electron chi connectivity index (χ1n) is 13.1. The lowest BCUT2D eigenvalue weighted by Gasteiger charge is -2.34. The highest BCUT2D eigenvalue weighted by Gasteiger charge is 2.31. The minimum atomic E-state index is -0.310. The largest absolute Gasteiger partial charge is 0.477 e. The molecule has 2 aliphatic heterocycles. The number of amides is 2. The van der Waals surface area contributed by atoms with E-state index in [1.165, 1.54) is 12.1 Å². The van der Waals surface area contributed by atoms with Crippen LogP contribution in [0.15, 0.2) is 48.5 Å². The zero-order valence-electron chi connectivity index (χ0n) is 21.8. The van der Waals surface area contributed by atoms with Crippen LogP contribution in [0.4, 0.5) is 10.3 Å². The molecule has 3 aromatic rings. The second kappa shape index (κ2) is 11.2. The van der Waals surface area contributed by atoms with E-state index in [4.69, 9.17) is 14.7 Å². The van der Waals surface area contributed by atoms with Crippen LogP contribution in [0.3, 0.4) is 0 Å². The Morgan fingerprint density at radius 2 is 1.71 bits per heavy atom. The van der Waals surface area contributed by atoms with Crippen LogP contribution in [0, 0.1) is 12.7 Å². The lowest BCUT2D eigenvalue weighted by atomic mass is 10.0. The van der Waals surface area contributed by atoms with E-state index in [1.807, 2.05) is 41.0 Å². The van der Waals surface area contributed by atoms with E-state index in [0.717, 1.165) is 29.5 Å². The Morgan fingerprint density at radius 3 is 2.42 bits per heavy atom. The van der Waals surface area contributed by atoms with Crippen LogP contribution in [-0.2, 0) is 11.3 Å². The van der Waals surface area contributed by atoms with Crippen molar-refractivity contribution < 1.29 is 18.7 Å². The van der Waals surface area contributed by atoms with Crippen molar-refractivity contribution in [2.24, 2.45) is 0 Å². The van der Waals surface area contributed by atoms with Gasteiger partial charge in [0, 0.05) is 51.8 Å². The zero-order chi connectivity index (χ0) is 26.6. The number of nitrogens with zero attached hydrogens (tertiary/aromatic N) is 5. The highest BCUT2D eigenvalue weighted by Crippen LogP contribution is 2.34. The average molecular weight is 518 g/mol. The molecule has 198 valence electrons. The molecule has 0 aliphatic carbocycles. The summed E-state index contributed by atoms with van der Waals surface area (Å²) in [6.45, 7) is 7.25. The highest BCUT2D eigenvalue weighted by molar-refractivity contribution is 6.02. The van der Waals surface area contributed by atoms with Gasteiger partial charge in [-0.1, -0.05) is 36.4 Å². The summed E-state index contributed by atoms with van der Waals surface area (Å²) in [6.07, 6.45) is 1.54. The van der Waals surface area contributed by atoms with Gasteiger partial charge in [0.1, 0.15) is 11.4 Å². The molecule has 0 atom stereocenters. The van der Waals surface area contributed by atoms with Crippen molar-refractivity contribution in [1.29, 1.82) is 0 Å². The Labute approximate surface area is 222 Å². The summed E-state index contributed by atoms with van der Waals surface area (Å²) >= 11 is 0. The van der Waals surface area contributed by atoms with Crippen LogP contribution in [0.2, 0.25) is 0 Å². The summed E-state index contributed by atoms with van der Waals surface area (Å²) in [5, 5.41) is 0. The first-order chi connectivity index (χ1) is 18.4. The molecule has 1 aromatic heterocycles. The molecule has 1 fully saturated rings. The smallest absolute Gasteiger partial charge is 0.261 e. The molecule has 8 nitrogen and oxygen atoms in total. The van der Waals surface area contributed by atoms with Crippen molar-refractivity contribution in [3.63, 3.8) is 0 Å². The molecule has 9 heteroatoms. The Kier molecular flexibility index (Phi) is 7.53. The molecule has 0 N–H and O–H groups in total. The van der Waals surface area contributed by atoms with Crippen molar-refractivity contribution in [2.75, 3.05) is 44.2 Å². The summed E-state index contributed by atoms with van der Waals surface area (Å²) in [4.78, 5) is 41.3. The van der Waals surface area contributed by atoms with Gasteiger partial charge in [-0.3, -0.25) is 9.59 Å². The van der Waals surface area contributed by atoms with Crippen LogP contribution in [0.1, 0.15) is 41.3 Å². The quantitative estimate of drug-likeness (QED) is 0.519. The zero-order valence-corrected chi connectivity index (χ0v) is 21.8. The van der Waals surface area contributed by atoms with Gasteiger partial charge in [-0.25, -0.2) is 9.37 Å². The van der Waals surface area contributed by atoms with Gasteiger partial charge in [0.25, 0.3) is 5.91 Å². The van der Waals surface area contributed by atoms with E-state index >= 15 is 0 Å². The lowest BCUT2D eigenvalue weighted by Crippen LogP contribution is -2.48. The predicted octanol–water partition coefficient (Wildman–Crippen LogP) is 4.07. The molecule has 3 heterocycles. The van der Waals surface area contributed by atoms with E-state index in [9.17, 15) is 14.0 Å². The standard InChI is InChI=1S/C29H32FN5O3/c1-20-7-3-4-8-24(20)26-25-27(32-29(31-26)34-16-14-33(15-17-34)21(2)36)38-18-6-5-13-35(28(25)37)19-22-9-11-23(30)12-10-22/h3-4,7-12H,5-6,13-19H2,1-2H3. The minimum Gasteiger partial charge on any atom is -0.477 e. The minimum absolute atomic E-state index is 0.0516. The number of ether oxygens (including phenoxy) is 1. The Hall–Kier alpha value is -4.01. The molecule has 2 aromatic carbocycles. The molecular weight excluding hydrogens is 485 g/mol. The predicted molar refractivity (Wildman–Crippen MR) is 143 cm³/mol. The summed E-state index contributed by atoms with van der Waals surface area (Å²) in [5.74, 6) is 0.295. The van der Waals surface area contributed by atoms with Gasteiger partial charge in [-0.15, -0.1) is 0 Å². The van der Waals surface area contributed by atoms with E-state index in [0.29, 0.717) is 63.1 Å². The number of carbonyl (C=O) groups is 2. The number of hydrogen-bond donors (Lipinski definition) is 0. The molecular formula is C29H32FN5O3. The van der Waals surface area contributed by atoms with Gasteiger partial charge in [-0.2, -0.15) is 4.98 Å². The van der Waals surface area contributed by atoms with Crippen molar-refractivity contribution in [3.8, 4) is 17.1 Å². The van der Waals surface area contributed by atoms with Crippen molar-refractivity contribution in [2.45, 2.75) is 33.2 Å². The van der Waals surface area contributed by atoms with Crippen molar-refractivity contribution in [1.82, 2.24) is 19.8 Å². The topological polar surface area (TPSA) is 78.9 Å². The van der Waals surface area contributed by atoms with Gasteiger partial charge >= 0.3 is 0 Å². The number of rotatable bonds is 4. The molecule has 0 unspecified atom stereocenters. The molecule has 0 radical (unpaired) electrons. The van der Waals surface area contributed by atoms with E-state index in [2.05, 4.69) is 0 Å². The molecule has 2 aliphatic rings. The van der Waals surface area contributed by atoms with Gasteiger partial charge in [-0.05, 0) is 43.0 Å². The fourth-order valence-corrected chi connectivity index (χ4v) is 4.92. The monoisotopic (exact) mass is 517 g/mol. The van der Waals surface area contributed by atoms with Crippen LogP contribution < -0.4 is 9.64 Å². The molecule has 0 spiro atoms. The maximum atomic E-state index is 14.2. The average Bonchev–Trinajstić information content (AvgIpc) is 2.99. The molecule has 5 rings (SSSR count). The maximum absolute atomic E-state index is 14.2. The number of hydrogen-bond acceptors (Lipinski definition) is 6. The molecule has 0 bridgehead atoms. The number of halogens is 1. The summed E-state index contributed by atoms with van der Waals surface area (Å²) in [7, 11) is 0. The van der Waals surface area contributed by atoms with Crippen LogP contribution in [0.5, 0.6) is 5.88 Å². The number of benzene rings is 2. The molecule has 38 heavy (non-hydrogen) atoms. The van der Waals surface area contributed by atoms with E-state index in [-0.39, 0.29) is 23.5 Å². The van der Waals surface area contributed by atoms with Crippen molar-refractivity contribution in [3.05, 3.63) is 71.0 Å². The van der Waals surface area contributed by atoms with Crippen molar-refractivity contribution >= 4 is 17.8 Å². The number of aromatic nitrogens is 2. The highest BCUT2D eigenvalue weighted by atomic mass is 19.1. The summed E-state index contributed by atoms with van der Waals surface area (Å²) in [5.41, 5.74) is 3.55. The SMILES string of the molecule is CC(=O)N1CCN(c2nc3c(c(-c4ccccc4C)n2)C(=O)N(Cc2ccc(F)cc2)CCCCO3)CC1. The Morgan fingerprint density at radius 1 is 0.974 bits per heavy atom. The second-order valence-electron chi connectivity index (χ2n) is 9.77. The van der Waals surface area contributed by atoms with Gasteiger partial charge in [0.05, 0.1) is 12.3 Å². The number of anilines is 1. The molecule has 2 amide bonds. The Bertz CT molecular complexity index is 1320. The van der Waals surface area contributed by atoms with E-state index in [1.54, 1.807) is 24.0 Å². The van der Waals surface area contributed by atoms with Gasteiger partial charge < -0.3 is 19.4 Å². The fraction of sp³-hybridized carbons (Fsp3) is 0.379. The third-order valence-electron chi connectivity index (χ3n) is 7.12. The number of piperazine rings is 1. The van der Waals surface area contributed by atoms with Crippen LogP contribution in [-0.4, -0.2) is 70.9 Å². The number of carbonyl (C=O) groups excluding carboxylic acids is 2. The first-order valence-corrected chi connectivity index (χ1v) is 13.1. The van der Waals surface area contributed by atoms with Gasteiger partial charge in [0.15, 0.2) is 0 Å². The number of aryl methyl sites for hydroxylation is 1. The molecule has 1 saturated heterocycles. The summed E-state index contributed by atoms with van der Waals surface area (Å²) in [6, 6.07) is 14.1. The Balaban J connectivity index is 1.58. The van der Waals surface area contributed by atoms with E-state index < -0.39 is 0 Å². The van der Waals surface area contributed by atoms with Crippen LogP contribution in [0.25, 0.3) is 11.3 Å². The van der Waals surface area contributed by atoms with Crippen LogP contribution >= 0.6 is 0 Å². The fourth-order valence-electron chi connectivity index (χ4n) is 4.92. The molecule has 0 saturated carbocycles. The summed E-state index contributed by atoms with van der Waals surface area (Å²) < 4.78 is 19.7. The van der Waals surface area contributed by atoms with Gasteiger partial charge in [0.2, 0.25) is 17.7 Å². The third kappa shape index (κ3) is 5.46. The third-order valence-corrected chi connectivity index (χ3v) is 7.12. The number of fused-ring (bicyclic) bond motifs is 1. The second-order valence-corrected chi connectivity index (χ2v) is 9.77. The maximum Gasteiger partial charge on any atom is 0.261 e. The normalized spacial score (nSPS) is 16.3. The first kappa shape index (κ1) is 25.6.